The number of hydrazine groups is 1. The van der Waals surface area contributed by atoms with Crippen molar-refractivity contribution in [3.05, 3.63) is 36.2 Å². The highest BCUT2D eigenvalue weighted by atomic mass is 19.4. The zero-order chi connectivity index (χ0) is 15.5. The number of nitrogens with two attached hydrogens (primary N) is 1. The van der Waals surface area contributed by atoms with Crippen molar-refractivity contribution in [1.29, 1.82) is 0 Å². The van der Waals surface area contributed by atoms with Gasteiger partial charge in [0.05, 0.1) is 0 Å². The maximum atomic E-state index is 12.1. The monoisotopic (exact) mass is 299 g/mol. The number of hydrogen-bond donors (Lipinski definition) is 3. The van der Waals surface area contributed by atoms with Gasteiger partial charge in [0.25, 0.3) is 0 Å². The molecule has 0 saturated carbocycles. The predicted molar refractivity (Wildman–Crippen MR) is 71.0 cm³/mol. The lowest BCUT2D eigenvalue weighted by molar-refractivity contribution is -0.274. The third-order valence-corrected chi connectivity index (χ3v) is 2.57. The largest absolute Gasteiger partial charge is 0.573 e. The fourth-order valence-corrected chi connectivity index (χ4v) is 1.60. The Bertz CT molecular complexity index is 615. The van der Waals surface area contributed by atoms with Gasteiger partial charge in [-0.05, 0) is 31.2 Å². The van der Waals surface area contributed by atoms with E-state index >= 15 is 0 Å². The van der Waals surface area contributed by atoms with E-state index in [4.69, 9.17) is 5.84 Å². The van der Waals surface area contributed by atoms with E-state index in [2.05, 4.69) is 25.4 Å². The average Bonchev–Trinajstić information content (AvgIpc) is 2.42. The molecule has 0 bridgehead atoms. The Kier molecular flexibility index (Phi) is 4.13. The third-order valence-electron chi connectivity index (χ3n) is 2.57. The molecule has 21 heavy (non-hydrogen) atoms. The standard InChI is InChI=1S/C12H12F3N5O/c1-7-10(17-6-18-11(7)20-16)19-8-2-4-9(5-3-8)21-12(13,14)15/h2-6H,16H2,1H3,(H2,17,18,19,20). The van der Waals surface area contributed by atoms with Gasteiger partial charge in [0.2, 0.25) is 0 Å². The Hall–Kier alpha value is -2.55. The van der Waals surface area contributed by atoms with Gasteiger partial charge in [-0.1, -0.05) is 0 Å². The van der Waals surface area contributed by atoms with Gasteiger partial charge in [0.1, 0.15) is 23.7 Å². The Labute approximate surface area is 118 Å². The van der Waals surface area contributed by atoms with Crippen LogP contribution in [0.15, 0.2) is 30.6 Å². The number of nitrogens with zero attached hydrogens (tertiary/aromatic N) is 2. The number of nitrogen functional groups attached to an aromatic ring is 1. The molecule has 2 rings (SSSR count). The molecule has 2 aromatic rings. The predicted octanol–water partition coefficient (Wildman–Crippen LogP) is 2.71. The molecule has 0 atom stereocenters. The first-order chi connectivity index (χ1) is 9.89. The fraction of sp³-hybridized carbons (Fsp3) is 0.167. The van der Waals surface area contributed by atoms with Crippen LogP contribution in [0.1, 0.15) is 5.56 Å². The van der Waals surface area contributed by atoms with Crippen molar-refractivity contribution in [2.24, 2.45) is 5.84 Å². The first-order valence-corrected chi connectivity index (χ1v) is 5.80. The van der Waals surface area contributed by atoms with E-state index in [0.29, 0.717) is 22.9 Å². The lowest BCUT2D eigenvalue weighted by Crippen LogP contribution is -2.17. The summed E-state index contributed by atoms with van der Waals surface area (Å²) in [5.41, 5.74) is 3.65. The first kappa shape index (κ1) is 14.9. The van der Waals surface area contributed by atoms with Crippen molar-refractivity contribution in [2.45, 2.75) is 13.3 Å². The average molecular weight is 299 g/mol. The summed E-state index contributed by atoms with van der Waals surface area (Å²) in [4.78, 5) is 7.96. The van der Waals surface area contributed by atoms with Gasteiger partial charge >= 0.3 is 6.36 Å². The summed E-state index contributed by atoms with van der Waals surface area (Å²) in [5.74, 6) is 5.94. The number of aromatic nitrogens is 2. The van der Waals surface area contributed by atoms with E-state index in [1.165, 1.54) is 30.6 Å². The van der Waals surface area contributed by atoms with Crippen molar-refractivity contribution in [3.63, 3.8) is 0 Å². The fourth-order valence-electron chi connectivity index (χ4n) is 1.60. The van der Waals surface area contributed by atoms with Crippen molar-refractivity contribution in [1.82, 2.24) is 9.97 Å². The summed E-state index contributed by atoms with van der Waals surface area (Å²) in [5, 5.41) is 2.95. The van der Waals surface area contributed by atoms with Gasteiger partial charge in [-0.15, -0.1) is 13.2 Å². The van der Waals surface area contributed by atoms with Crippen LogP contribution in [0.25, 0.3) is 0 Å². The maximum absolute atomic E-state index is 12.1. The summed E-state index contributed by atoms with van der Waals surface area (Å²) >= 11 is 0. The molecule has 0 aliphatic rings. The minimum absolute atomic E-state index is 0.295. The molecule has 0 fully saturated rings. The van der Waals surface area contributed by atoms with Crippen LogP contribution in [0, 0.1) is 6.92 Å². The molecule has 0 unspecified atom stereocenters. The maximum Gasteiger partial charge on any atom is 0.573 e. The second kappa shape index (κ2) is 5.83. The Morgan fingerprint density at radius 3 is 2.29 bits per heavy atom. The van der Waals surface area contributed by atoms with Crippen LogP contribution in [0.4, 0.5) is 30.5 Å². The normalized spacial score (nSPS) is 11.1. The topological polar surface area (TPSA) is 85.1 Å². The highest BCUT2D eigenvalue weighted by molar-refractivity contribution is 5.64. The van der Waals surface area contributed by atoms with E-state index in [-0.39, 0.29) is 5.75 Å². The van der Waals surface area contributed by atoms with Gasteiger partial charge in [0.15, 0.2) is 0 Å². The number of halogens is 3. The second-order valence-electron chi connectivity index (χ2n) is 4.04. The molecule has 9 heteroatoms. The smallest absolute Gasteiger partial charge is 0.406 e. The number of rotatable bonds is 4. The highest BCUT2D eigenvalue weighted by Crippen LogP contribution is 2.26. The van der Waals surface area contributed by atoms with Crippen LogP contribution < -0.4 is 21.3 Å². The minimum Gasteiger partial charge on any atom is -0.406 e. The number of ether oxygens (including phenoxy) is 1. The molecule has 6 nitrogen and oxygen atoms in total. The quantitative estimate of drug-likeness (QED) is 0.594. The van der Waals surface area contributed by atoms with Gasteiger partial charge in [-0.2, -0.15) is 0 Å². The molecule has 0 spiro atoms. The summed E-state index contributed by atoms with van der Waals surface area (Å²) in [6, 6.07) is 5.29. The van der Waals surface area contributed by atoms with Crippen LogP contribution in [0.3, 0.4) is 0 Å². The van der Waals surface area contributed by atoms with Crippen molar-refractivity contribution < 1.29 is 17.9 Å². The van der Waals surface area contributed by atoms with Crippen LogP contribution in [-0.2, 0) is 0 Å². The molecule has 4 N–H and O–H groups in total. The van der Waals surface area contributed by atoms with Crippen LogP contribution in [0.2, 0.25) is 0 Å². The number of anilines is 3. The van der Waals surface area contributed by atoms with E-state index in [1.54, 1.807) is 6.92 Å². The lowest BCUT2D eigenvalue weighted by Gasteiger charge is -2.12. The molecule has 0 aliphatic heterocycles. The number of alkyl halides is 3. The molecular formula is C12H12F3N5O. The molecule has 112 valence electrons. The van der Waals surface area contributed by atoms with E-state index in [1.807, 2.05) is 0 Å². The van der Waals surface area contributed by atoms with E-state index in [0.717, 1.165) is 0 Å². The Morgan fingerprint density at radius 2 is 1.71 bits per heavy atom. The zero-order valence-corrected chi connectivity index (χ0v) is 10.9. The van der Waals surface area contributed by atoms with Gasteiger partial charge in [-0.3, -0.25) is 0 Å². The van der Waals surface area contributed by atoms with E-state index < -0.39 is 6.36 Å². The number of nitrogens with one attached hydrogen (secondary N) is 2. The van der Waals surface area contributed by atoms with E-state index in [9.17, 15) is 13.2 Å². The lowest BCUT2D eigenvalue weighted by atomic mass is 10.2. The molecule has 0 aliphatic carbocycles. The van der Waals surface area contributed by atoms with Crippen molar-refractivity contribution >= 4 is 17.3 Å². The summed E-state index contributed by atoms with van der Waals surface area (Å²) in [6.45, 7) is 1.75. The number of benzene rings is 1. The molecule has 1 aromatic carbocycles. The van der Waals surface area contributed by atoms with Crippen LogP contribution in [-0.4, -0.2) is 16.3 Å². The second-order valence-corrected chi connectivity index (χ2v) is 4.04. The van der Waals surface area contributed by atoms with Gasteiger partial charge in [0, 0.05) is 11.3 Å². The first-order valence-electron chi connectivity index (χ1n) is 5.80. The highest BCUT2D eigenvalue weighted by Gasteiger charge is 2.30. The van der Waals surface area contributed by atoms with Crippen molar-refractivity contribution in [3.8, 4) is 5.75 Å². The summed E-state index contributed by atoms with van der Waals surface area (Å²) in [7, 11) is 0. The molecule has 0 amide bonds. The molecular weight excluding hydrogens is 287 g/mol. The van der Waals surface area contributed by atoms with Crippen LogP contribution in [0.5, 0.6) is 5.75 Å². The third kappa shape index (κ3) is 3.96. The summed E-state index contributed by atoms with van der Waals surface area (Å²) in [6.07, 6.45) is -3.40. The van der Waals surface area contributed by atoms with Crippen molar-refractivity contribution in [2.75, 3.05) is 10.7 Å². The SMILES string of the molecule is Cc1c(NN)ncnc1Nc1ccc(OC(F)(F)F)cc1. The Morgan fingerprint density at radius 1 is 1.10 bits per heavy atom. The summed E-state index contributed by atoms with van der Waals surface area (Å²) < 4.78 is 39.9. The Balaban J connectivity index is 2.14. The number of hydrogen-bond acceptors (Lipinski definition) is 6. The van der Waals surface area contributed by atoms with Crippen LogP contribution >= 0.6 is 0 Å². The minimum atomic E-state index is -4.71. The van der Waals surface area contributed by atoms with Gasteiger partial charge < -0.3 is 15.5 Å². The molecule has 0 saturated heterocycles. The molecule has 0 radical (unpaired) electrons. The molecule has 1 aromatic heterocycles. The molecule has 1 heterocycles. The zero-order valence-electron chi connectivity index (χ0n) is 10.9. The van der Waals surface area contributed by atoms with Gasteiger partial charge in [-0.25, -0.2) is 15.8 Å².